The third-order valence-corrected chi connectivity index (χ3v) is 11.4. The molecular formula is C42H37O6S-. The summed E-state index contributed by atoms with van der Waals surface area (Å²) in [7, 11) is -5.08. The van der Waals surface area contributed by atoms with Crippen molar-refractivity contribution < 1.29 is 27.2 Å². The molecule has 0 radical (unpaired) electrons. The number of carbonyl (C=O) groups is 1. The van der Waals surface area contributed by atoms with Gasteiger partial charge in [0.1, 0.15) is 27.1 Å². The maximum Gasteiger partial charge on any atom is 0.303 e. The van der Waals surface area contributed by atoms with Gasteiger partial charge >= 0.3 is 5.97 Å². The van der Waals surface area contributed by atoms with Gasteiger partial charge in [0.15, 0.2) is 0 Å². The molecule has 0 saturated heterocycles. The van der Waals surface area contributed by atoms with E-state index in [0.717, 1.165) is 43.2 Å². The second-order valence-corrected chi connectivity index (χ2v) is 15.4. The van der Waals surface area contributed by atoms with Gasteiger partial charge in [0, 0.05) is 35.6 Å². The predicted molar refractivity (Wildman–Crippen MR) is 189 cm³/mol. The van der Waals surface area contributed by atoms with Gasteiger partial charge in [-0.3, -0.25) is 4.79 Å². The number of carbonyl (C=O) groups excluding carboxylic acids is 1. The van der Waals surface area contributed by atoms with Crippen molar-refractivity contribution in [1.82, 2.24) is 0 Å². The van der Waals surface area contributed by atoms with Gasteiger partial charge in [-0.1, -0.05) is 121 Å². The van der Waals surface area contributed by atoms with Crippen LogP contribution in [0.2, 0.25) is 0 Å². The average molecular weight is 670 g/mol. The molecule has 49 heavy (non-hydrogen) atoms. The zero-order valence-electron chi connectivity index (χ0n) is 27.3. The Hall–Kier alpha value is -4.72. The van der Waals surface area contributed by atoms with E-state index >= 15 is 0 Å². The summed E-state index contributed by atoms with van der Waals surface area (Å²) in [6, 6.07) is 37.7. The van der Waals surface area contributed by atoms with Crippen LogP contribution in [0.25, 0.3) is 44.5 Å². The lowest BCUT2D eigenvalue weighted by molar-refractivity contribution is -0.211. The van der Waals surface area contributed by atoms with Crippen molar-refractivity contribution in [2.75, 3.05) is 0 Å². The van der Waals surface area contributed by atoms with Gasteiger partial charge in [-0.15, -0.1) is 0 Å². The highest BCUT2D eigenvalue weighted by atomic mass is 32.2. The Labute approximate surface area is 287 Å². The normalized spacial score (nSPS) is 24.0. The van der Waals surface area contributed by atoms with Gasteiger partial charge in [-0.2, -0.15) is 0 Å². The standard InChI is InChI=1S/C42H38O6S/c1-28(43)47-41-23-29-22-30(24-41)26-42(25-29,27-41)48-39-35(31-14-6-2-7-15-31)37(33-18-10-4-11-19-33)40(49(44,45)46)38(34-20-12-5-13-21-34)36(39)32-16-8-3-9-17-32/h2-21,29-30H,22-27H2,1H3,(H,44,45,46)/p-1. The highest BCUT2D eigenvalue weighted by Gasteiger charge is 2.61. The van der Waals surface area contributed by atoms with Crippen LogP contribution >= 0.6 is 0 Å². The number of hydrogen-bond acceptors (Lipinski definition) is 6. The van der Waals surface area contributed by atoms with Gasteiger partial charge < -0.3 is 14.0 Å². The summed E-state index contributed by atoms with van der Waals surface area (Å²) in [6.45, 7) is 1.48. The zero-order chi connectivity index (χ0) is 33.8. The van der Waals surface area contributed by atoms with Crippen LogP contribution in [0.1, 0.15) is 45.4 Å². The molecule has 248 valence electrons. The van der Waals surface area contributed by atoms with Crippen LogP contribution in [0.3, 0.4) is 0 Å². The SMILES string of the molecule is CC(=O)OC12CC3CC(C1)CC(Oc1c(-c4ccccc4)c(-c4ccccc4)c(S(=O)(=O)[O-])c(-c4ccccc4)c1-c1ccccc1)(C3)C2. The van der Waals surface area contributed by atoms with Crippen LogP contribution in [-0.2, 0) is 19.6 Å². The molecule has 7 heteroatoms. The van der Waals surface area contributed by atoms with E-state index in [2.05, 4.69) is 0 Å². The first-order valence-corrected chi connectivity index (χ1v) is 18.3. The second-order valence-electron chi connectivity index (χ2n) is 14.1. The Balaban J connectivity index is 1.53. The van der Waals surface area contributed by atoms with Crippen LogP contribution in [0.15, 0.2) is 126 Å². The molecule has 4 saturated carbocycles. The van der Waals surface area contributed by atoms with Crippen molar-refractivity contribution in [1.29, 1.82) is 0 Å². The van der Waals surface area contributed by atoms with Crippen molar-refractivity contribution in [3.63, 3.8) is 0 Å². The van der Waals surface area contributed by atoms with Crippen molar-refractivity contribution in [2.45, 2.75) is 61.5 Å². The summed E-state index contributed by atoms with van der Waals surface area (Å²) < 4.78 is 55.2. The third kappa shape index (κ3) is 5.75. The Morgan fingerprint density at radius 3 is 1.35 bits per heavy atom. The maximum absolute atomic E-state index is 13.8. The lowest BCUT2D eigenvalue weighted by atomic mass is 9.52. The lowest BCUT2D eigenvalue weighted by Crippen LogP contribution is -2.62. The molecule has 0 heterocycles. The van der Waals surface area contributed by atoms with Crippen molar-refractivity contribution in [3.05, 3.63) is 121 Å². The molecule has 5 aromatic rings. The second kappa shape index (κ2) is 12.0. The summed E-state index contributed by atoms with van der Waals surface area (Å²) in [5.41, 5.74) is 3.14. The van der Waals surface area contributed by atoms with E-state index in [1.54, 1.807) is 0 Å². The van der Waals surface area contributed by atoms with Gasteiger partial charge in [-0.25, -0.2) is 8.42 Å². The number of esters is 1. The van der Waals surface area contributed by atoms with Gasteiger partial charge in [0.05, 0.1) is 4.90 Å². The number of rotatable bonds is 8. The van der Waals surface area contributed by atoms with E-state index in [1.165, 1.54) is 6.92 Å². The monoisotopic (exact) mass is 669 g/mol. The number of benzene rings is 5. The molecule has 0 aromatic heterocycles. The van der Waals surface area contributed by atoms with Crippen molar-refractivity contribution >= 4 is 16.1 Å². The highest BCUT2D eigenvalue weighted by molar-refractivity contribution is 7.86. The van der Waals surface area contributed by atoms with E-state index in [4.69, 9.17) is 9.47 Å². The molecule has 4 bridgehead atoms. The Kier molecular flexibility index (Phi) is 7.73. The minimum absolute atomic E-state index is 0.281. The van der Waals surface area contributed by atoms with E-state index in [1.807, 2.05) is 121 Å². The molecule has 4 fully saturated rings. The molecule has 0 aliphatic heterocycles. The van der Waals surface area contributed by atoms with Crippen LogP contribution < -0.4 is 4.74 Å². The van der Waals surface area contributed by atoms with Crippen LogP contribution in [0.4, 0.5) is 0 Å². The largest absolute Gasteiger partial charge is 0.744 e. The molecule has 5 aromatic carbocycles. The van der Waals surface area contributed by atoms with Crippen molar-refractivity contribution in [2.24, 2.45) is 11.8 Å². The summed E-state index contributed by atoms with van der Waals surface area (Å²) in [5, 5.41) is 0. The quantitative estimate of drug-likeness (QED) is 0.121. The predicted octanol–water partition coefficient (Wildman–Crippen LogP) is 9.29. The minimum Gasteiger partial charge on any atom is -0.744 e. The highest BCUT2D eigenvalue weighted by Crippen LogP contribution is 2.62. The van der Waals surface area contributed by atoms with Crippen LogP contribution in [-0.4, -0.2) is 30.1 Å². The molecular weight excluding hydrogens is 633 g/mol. The van der Waals surface area contributed by atoms with Gasteiger partial charge in [0.25, 0.3) is 0 Å². The molecule has 4 aliphatic carbocycles. The minimum atomic E-state index is -5.08. The molecule has 2 atom stereocenters. The van der Waals surface area contributed by atoms with Crippen molar-refractivity contribution in [3.8, 4) is 50.3 Å². The molecule has 6 nitrogen and oxygen atoms in total. The van der Waals surface area contributed by atoms with Crippen LogP contribution in [0, 0.1) is 11.8 Å². The fraction of sp³-hybridized carbons (Fsp3) is 0.262. The van der Waals surface area contributed by atoms with E-state index in [0.29, 0.717) is 57.4 Å². The first-order valence-electron chi connectivity index (χ1n) is 16.9. The topological polar surface area (TPSA) is 92.7 Å². The van der Waals surface area contributed by atoms with Gasteiger partial charge in [-0.05, 0) is 66.2 Å². The smallest absolute Gasteiger partial charge is 0.303 e. The van der Waals surface area contributed by atoms with E-state index < -0.39 is 21.3 Å². The summed E-state index contributed by atoms with van der Waals surface area (Å²) >= 11 is 0. The molecule has 2 unspecified atom stereocenters. The number of ether oxygens (including phenoxy) is 2. The Morgan fingerprint density at radius 1 is 0.612 bits per heavy atom. The fourth-order valence-corrected chi connectivity index (χ4v) is 10.4. The summed E-state index contributed by atoms with van der Waals surface area (Å²) in [5.74, 6) is 0.922. The van der Waals surface area contributed by atoms with E-state index in [-0.39, 0.29) is 10.9 Å². The number of hydrogen-bond donors (Lipinski definition) is 0. The molecule has 0 amide bonds. The third-order valence-electron chi connectivity index (χ3n) is 10.5. The molecule has 9 rings (SSSR count). The van der Waals surface area contributed by atoms with E-state index in [9.17, 15) is 17.8 Å². The Morgan fingerprint density at radius 2 is 0.980 bits per heavy atom. The fourth-order valence-electron chi connectivity index (χ4n) is 9.43. The Bertz CT molecular complexity index is 2010. The first-order chi connectivity index (χ1) is 23.6. The zero-order valence-corrected chi connectivity index (χ0v) is 28.1. The average Bonchev–Trinajstić information content (AvgIpc) is 3.07. The molecule has 0 N–H and O–H groups in total. The maximum atomic E-state index is 13.8. The molecule has 4 aliphatic rings. The first kappa shape index (κ1) is 31.5. The summed E-state index contributed by atoms with van der Waals surface area (Å²) in [6.07, 6.45) is 4.88. The van der Waals surface area contributed by atoms with Crippen LogP contribution in [0.5, 0.6) is 5.75 Å². The lowest BCUT2D eigenvalue weighted by Gasteiger charge is -2.60. The molecule has 0 spiro atoms. The summed E-state index contributed by atoms with van der Waals surface area (Å²) in [4.78, 5) is 12.2. The van der Waals surface area contributed by atoms with Gasteiger partial charge in [0.2, 0.25) is 0 Å².